The van der Waals surface area contributed by atoms with Gasteiger partial charge in [-0.15, -0.1) is 0 Å². The van der Waals surface area contributed by atoms with E-state index in [1.54, 1.807) is 6.26 Å². The Labute approximate surface area is 121 Å². The predicted octanol–water partition coefficient (Wildman–Crippen LogP) is 1.98. The van der Waals surface area contributed by atoms with Gasteiger partial charge in [0.15, 0.2) is 9.84 Å². The van der Waals surface area contributed by atoms with Gasteiger partial charge in [-0.25, -0.2) is 13.4 Å². The van der Waals surface area contributed by atoms with Gasteiger partial charge in [0.1, 0.15) is 6.26 Å². The highest BCUT2D eigenvalue weighted by Crippen LogP contribution is 2.23. The summed E-state index contributed by atoms with van der Waals surface area (Å²) in [5.41, 5.74) is 0.901. The highest BCUT2D eigenvalue weighted by atomic mass is 32.2. The van der Waals surface area contributed by atoms with Crippen LogP contribution in [0.1, 0.15) is 45.7 Å². The first kappa shape index (κ1) is 15.5. The van der Waals surface area contributed by atoms with Gasteiger partial charge in [0.05, 0.1) is 23.7 Å². The van der Waals surface area contributed by atoms with E-state index in [-0.39, 0.29) is 17.2 Å². The quantitative estimate of drug-likeness (QED) is 0.851. The third kappa shape index (κ3) is 3.61. The average Bonchev–Trinajstić information content (AvgIpc) is 2.91. The number of sulfone groups is 1. The van der Waals surface area contributed by atoms with Gasteiger partial charge in [-0.2, -0.15) is 0 Å². The number of nitrogens with zero attached hydrogens (tertiary/aromatic N) is 2. The Balaban J connectivity index is 2.06. The van der Waals surface area contributed by atoms with Crippen LogP contribution in [0, 0.1) is 0 Å². The maximum Gasteiger partial charge on any atom is 0.208 e. The van der Waals surface area contributed by atoms with Gasteiger partial charge in [-0.05, 0) is 13.0 Å². The van der Waals surface area contributed by atoms with Crippen molar-refractivity contribution in [3.8, 4) is 0 Å². The van der Waals surface area contributed by atoms with Crippen molar-refractivity contribution in [3.63, 3.8) is 0 Å². The molecule has 1 aromatic heterocycles. The standard InChI is InChI=1S/C14H24N2O3S/c1-5-16(11-6-7-20(17,18)10-11)8-13-15-12(9-19-13)14(2,3)4/h9,11H,5-8,10H2,1-4H3/t11-/m0/s1. The fourth-order valence-corrected chi connectivity index (χ4v) is 4.23. The second kappa shape index (κ2) is 5.48. The van der Waals surface area contributed by atoms with Crippen molar-refractivity contribution >= 4 is 9.84 Å². The van der Waals surface area contributed by atoms with Gasteiger partial charge < -0.3 is 4.42 Å². The molecule has 0 N–H and O–H groups in total. The molecule has 114 valence electrons. The summed E-state index contributed by atoms with van der Waals surface area (Å²) < 4.78 is 28.7. The van der Waals surface area contributed by atoms with Crippen LogP contribution >= 0.6 is 0 Å². The lowest BCUT2D eigenvalue weighted by Crippen LogP contribution is -2.35. The second-order valence-electron chi connectivity index (χ2n) is 6.50. The van der Waals surface area contributed by atoms with E-state index in [0.29, 0.717) is 24.6 Å². The van der Waals surface area contributed by atoms with Crippen LogP contribution in [0.3, 0.4) is 0 Å². The Morgan fingerprint density at radius 1 is 1.45 bits per heavy atom. The molecule has 0 unspecified atom stereocenters. The van der Waals surface area contributed by atoms with E-state index in [0.717, 1.165) is 12.2 Å². The van der Waals surface area contributed by atoms with Crippen molar-refractivity contribution < 1.29 is 12.8 Å². The van der Waals surface area contributed by atoms with Gasteiger partial charge in [0, 0.05) is 11.5 Å². The minimum absolute atomic E-state index is 0.0322. The first-order chi connectivity index (χ1) is 9.21. The topological polar surface area (TPSA) is 63.4 Å². The summed E-state index contributed by atoms with van der Waals surface area (Å²) in [6.07, 6.45) is 2.41. The number of hydrogen-bond acceptors (Lipinski definition) is 5. The Hall–Kier alpha value is -0.880. The normalized spacial score (nSPS) is 22.6. The fraction of sp³-hybridized carbons (Fsp3) is 0.786. The maximum atomic E-state index is 11.6. The van der Waals surface area contributed by atoms with Crippen LogP contribution in [-0.4, -0.2) is 42.4 Å². The predicted molar refractivity (Wildman–Crippen MR) is 78.3 cm³/mol. The molecular weight excluding hydrogens is 276 g/mol. The molecule has 0 bridgehead atoms. The number of rotatable bonds is 4. The monoisotopic (exact) mass is 300 g/mol. The SMILES string of the molecule is CCN(Cc1nc(C(C)(C)C)co1)[C@H]1CCS(=O)(=O)C1. The number of hydrogen-bond donors (Lipinski definition) is 0. The molecule has 0 radical (unpaired) electrons. The first-order valence-electron chi connectivity index (χ1n) is 7.10. The number of oxazole rings is 1. The minimum atomic E-state index is -2.85. The minimum Gasteiger partial charge on any atom is -0.447 e. The largest absolute Gasteiger partial charge is 0.447 e. The molecule has 1 saturated heterocycles. The Kier molecular flexibility index (Phi) is 4.25. The molecule has 2 heterocycles. The maximum absolute atomic E-state index is 11.6. The first-order valence-corrected chi connectivity index (χ1v) is 8.93. The summed E-state index contributed by atoms with van der Waals surface area (Å²) in [7, 11) is -2.85. The smallest absolute Gasteiger partial charge is 0.208 e. The van der Waals surface area contributed by atoms with Gasteiger partial charge >= 0.3 is 0 Å². The summed E-state index contributed by atoms with van der Waals surface area (Å²) in [6.45, 7) is 9.69. The summed E-state index contributed by atoms with van der Waals surface area (Å²) in [5.74, 6) is 1.22. The average molecular weight is 300 g/mol. The van der Waals surface area contributed by atoms with Crippen molar-refractivity contribution in [1.82, 2.24) is 9.88 Å². The van der Waals surface area contributed by atoms with Crippen LogP contribution in [0.25, 0.3) is 0 Å². The van der Waals surface area contributed by atoms with Gasteiger partial charge in [0.2, 0.25) is 5.89 Å². The highest BCUT2D eigenvalue weighted by molar-refractivity contribution is 7.91. The lowest BCUT2D eigenvalue weighted by molar-refractivity contribution is 0.194. The van der Waals surface area contributed by atoms with Crippen LogP contribution in [0.5, 0.6) is 0 Å². The molecule has 1 aliphatic heterocycles. The van der Waals surface area contributed by atoms with Gasteiger partial charge in [0.25, 0.3) is 0 Å². The molecule has 1 atom stereocenters. The van der Waals surface area contributed by atoms with Crippen molar-refractivity contribution in [2.75, 3.05) is 18.1 Å². The summed E-state index contributed by atoms with van der Waals surface area (Å²) in [5, 5.41) is 0. The lowest BCUT2D eigenvalue weighted by atomic mass is 9.93. The van der Waals surface area contributed by atoms with Crippen molar-refractivity contribution in [2.24, 2.45) is 0 Å². The molecule has 5 nitrogen and oxygen atoms in total. The van der Waals surface area contributed by atoms with Crippen molar-refractivity contribution in [3.05, 3.63) is 17.8 Å². The van der Waals surface area contributed by atoms with E-state index in [1.165, 1.54) is 0 Å². The Bertz CT molecular complexity index is 557. The van der Waals surface area contributed by atoms with E-state index >= 15 is 0 Å². The molecule has 6 heteroatoms. The van der Waals surface area contributed by atoms with Crippen LogP contribution in [0.4, 0.5) is 0 Å². The van der Waals surface area contributed by atoms with E-state index < -0.39 is 9.84 Å². The van der Waals surface area contributed by atoms with Gasteiger partial charge in [-0.1, -0.05) is 27.7 Å². The second-order valence-corrected chi connectivity index (χ2v) is 8.73. The van der Waals surface area contributed by atoms with Crippen LogP contribution < -0.4 is 0 Å². The highest BCUT2D eigenvalue weighted by Gasteiger charge is 2.32. The zero-order chi connectivity index (χ0) is 15.0. The molecule has 1 aliphatic rings. The van der Waals surface area contributed by atoms with Crippen molar-refractivity contribution in [2.45, 2.75) is 52.1 Å². The summed E-state index contributed by atoms with van der Waals surface area (Å²) >= 11 is 0. The van der Waals surface area contributed by atoms with E-state index in [4.69, 9.17) is 4.42 Å². The fourth-order valence-electron chi connectivity index (χ4n) is 2.46. The molecule has 0 amide bonds. The molecule has 1 fully saturated rings. The van der Waals surface area contributed by atoms with E-state index in [2.05, 4.69) is 30.7 Å². The molecule has 2 rings (SSSR count). The Morgan fingerprint density at radius 2 is 2.15 bits per heavy atom. The summed E-state index contributed by atoms with van der Waals surface area (Å²) in [4.78, 5) is 6.66. The van der Waals surface area contributed by atoms with Crippen LogP contribution in [0.2, 0.25) is 0 Å². The van der Waals surface area contributed by atoms with Crippen molar-refractivity contribution in [1.29, 1.82) is 0 Å². The van der Waals surface area contributed by atoms with Gasteiger partial charge in [-0.3, -0.25) is 4.90 Å². The Morgan fingerprint density at radius 3 is 2.60 bits per heavy atom. The molecule has 0 spiro atoms. The molecular formula is C14H24N2O3S. The summed E-state index contributed by atoms with van der Waals surface area (Å²) in [6, 6.07) is 0.0926. The molecule has 1 aromatic rings. The van der Waals surface area contributed by atoms with E-state index in [1.807, 2.05) is 6.92 Å². The van der Waals surface area contributed by atoms with Crippen LogP contribution in [0.15, 0.2) is 10.7 Å². The third-order valence-corrected chi connectivity index (χ3v) is 5.54. The molecule has 0 aromatic carbocycles. The van der Waals surface area contributed by atoms with E-state index in [9.17, 15) is 8.42 Å². The number of aromatic nitrogens is 1. The molecule has 0 aliphatic carbocycles. The zero-order valence-electron chi connectivity index (χ0n) is 12.7. The molecule has 20 heavy (non-hydrogen) atoms. The zero-order valence-corrected chi connectivity index (χ0v) is 13.5. The third-order valence-electron chi connectivity index (χ3n) is 3.79. The van der Waals surface area contributed by atoms with Crippen LogP contribution in [-0.2, 0) is 21.8 Å². The lowest BCUT2D eigenvalue weighted by Gasteiger charge is -2.24. The molecule has 0 saturated carbocycles.